The second-order valence-corrected chi connectivity index (χ2v) is 6.83. The number of nitrogens with one attached hydrogen (secondary N) is 1. The maximum Gasteiger partial charge on any atom is 0.182 e. The molecule has 1 saturated heterocycles. The molecule has 130 valence electrons. The fraction of sp³-hybridized carbons (Fsp3) is 0.389. The Morgan fingerprint density at radius 1 is 1.24 bits per heavy atom. The lowest BCUT2D eigenvalue weighted by atomic mass is 10.0. The normalized spacial score (nSPS) is 21.0. The molecule has 1 aliphatic rings. The third kappa shape index (κ3) is 3.33. The van der Waals surface area contributed by atoms with Gasteiger partial charge in [0.15, 0.2) is 11.5 Å². The molecule has 3 aromatic rings. The molecule has 0 bridgehead atoms. The highest BCUT2D eigenvalue weighted by Crippen LogP contribution is 2.26. The maximum absolute atomic E-state index is 11.0. The molecule has 1 atom stereocenters. The molecule has 1 unspecified atom stereocenters. The van der Waals surface area contributed by atoms with E-state index in [1.807, 2.05) is 18.0 Å². The van der Waals surface area contributed by atoms with Crippen LogP contribution in [-0.2, 0) is 6.54 Å². The first kappa shape index (κ1) is 16.0. The van der Waals surface area contributed by atoms with Crippen LogP contribution in [0.4, 0.5) is 5.82 Å². The van der Waals surface area contributed by atoms with Gasteiger partial charge >= 0.3 is 0 Å². The van der Waals surface area contributed by atoms with Crippen molar-refractivity contribution in [2.24, 2.45) is 0 Å². The number of likely N-dealkylation sites (N-methyl/N-ethyl adjacent to an activating group) is 1. The lowest BCUT2D eigenvalue weighted by molar-refractivity contribution is 0.0561. The van der Waals surface area contributed by atoms with E-state index in [2.05, 4.69) is 49.1 Å². The molecule has 7 heteroatoms. The van der Waals surface area contributed by atoms with Crippen molar-refractivity contribution in [3.05, 3.63) is 48.5 Å². The van der Waals surface area contributed by atoms with E-state index in [0.717, 1.165) is 30.8 Å². The number of benzene rings is 1. The zero-order valence-corrected chi connectivity index (χ0v) is 14.3. The monoisotopic (exact) mass is 338 g/mol. The fourth-order valence-electron chi connectivity index (χ4n) is 3.60. The molecule has 4 rings (SSSR count). The number of aliphatic hydroxyl groups is 1. The van der Waals surface area contributed by atoms with E-state index in [1.54, 1.807) is 6.33 Å². The summed E-state index contributed by atoms with van der Waals surface area (Å²) in [5.41, 5.74) is 1.96. The molecule has 2 N–H and O–H groups in total. The topological polar surface area (TPSA) is 81.2 Å². The number of β-amino-alcohol motifs (C(OH)–C–C–N with tert-alkyl or cyclic N) is 1. The van der Waals surface area contributed by atoms with Gasteiger partial charge in [0.25, 0.3) is 0 Å². The fourth-order valence-corrected chi connectivity index (χ4v) is 3.60. The number of hydrogen-bond acceptors (Lipinski definition) is 6. The third-order valence-electron chi connectivity index (χ3n) is 4.76. The van der Waals surface area contributed by atoms with Crippen LogP contribution in [0.5, 0.6) is 0 Å². The van der Waals surface area contributed by atoms with Gasteiger partial charge in [-0.2, -0.15) is 0 Å². The highest BCUT2D eigenvalue weighted by atomic mass is 16.3. The first-order valence-corrected chi connectivity index (χ1v) is 8.47. The molecular formula is C18H22N6O. The number of nitrogens with zero attached hydrogens (tertiary/aromatic N) is 5. The van der Waals surface area contributed by atoms with Crippen molar-refractivity contribution in [2.75, 3.05) is 31.6 Å². The molecule has 1 aromatic carbocycles. The van der Waals surface area contributed by atoms with Crippen molar-refractivity contribution in [1.82, 2.24) is 24.8 Å². The highest BCUT2D eigenvalue weighted by Gasteiger charge is 2.37. The number of imidazole rings is 1. The minimum atomic E-state index is -0.749. The molecule has 2 aromatic heterocycles. The van der Waals surface area contributed by atoms with Gasteiger partial charge in [-0.1, -0.05) is 30.3 Å². The van der Waals surface area contributed by atoms with E-state index in [1.165, 1.54) is 11.9 Å². The Morgan fingerprint density at radius 3 is 2.92 bits per heavy atom. The van der Waals surface area contributed by atoms with Gasteiger partial charge in [0.05, 0.1) is 11.9 Å². The van der Waals surface area contributed by atoms with Crippen LogP contribution in [0.15, 0.2) is 43.0 Å². The molecule has 0 saturated carbocycles. The van der Waals surface area contributed by atoms with E-state index in [9.17, 15) is 5.11 Å². The second kappa shape index (κ2) is 6.42. The van der Waals surface area contributed by atoms with E-state index in [4.69, 9.17) is 0 Å². The van der Waals surface area contributed by atoms with Gasteiger partial charge in [-0.15, -0.1) is 0 Å². The number of anilines is 1. The van der Waals surface area contributed by atoms with Crippen LogP contribution in [0.1, 0.15) is 12.0 Å². The molecular weight excluding hydrogens is 316 g/mol. The largest absolute Gasteiger partial charge is 0.387 e. The Hall–Kier alpha value is -2.51. The number of aromatic amines is 1. The van der Waals surface area contributed by atoms with Gasteiger partial charge in [-0.3, -0.25) is 4.90 Å². The van der Waals surface area contributed by atoms with Crippen molar-refractivity contribution < 1.29 is 5.11 Å². The summed E-state index contributed by atoms with van der Waals surface area (Å²) in [7, 11) is 1.94. The van der Waals surface area contributed by atoms with Gasteiger partial charge in [0.2, 0.25) is 0 Å². The lowest BCUT2D eigenvalue weighted by Gasteiger charge is -2.29. The lowest BCUT2D eigenvalue weighted by Crippen LogP contribution is -2.44. The Morgan fingerprint density at radius 2 is 2.08 bits per heavy atom. The summed E-state index contributed by atoms with van der Waals surface area (Å²) >= 11 is 0. The summed E-state index contributed by atoms with van der Waals surface area (Å²) in [6.45, 7) is 2.93. The third-order valence-corrected chi connectivity index (χ3v) is 4.76. The Balaban J connectivity index is 1.44. The first-order chi connectivity index (χ1) is 12.1. The van der Waals surface area contributed by atoms with E-state index < -0.39 is 5.60 Å². The van der Waals surface area contributed by atoms with Crippen molar-refractivity contribution in [2.45, 2.75) is 18.6 Å². The van der Waals surface area contributed by atoms with Crippen LogP contribution < -0.4 is 4.90 Å². The Labute approximate surface area is 146 Å². The zero-order valence-electron chi connectivity index (χ0n) is 14.3. The molecule has 0 amide bonds. The average Bonchev–Trinajstić information content (AvgIpc) is 3.22. The molecule has 1 fully saturated rings. The van der Waals surface area contributed by atoms with Crippen molar-refractivity contribution in [1.29, 1.82) is 0 Å². The number of hydrogen-bond donors (Lipinski definition) is 2. The minimum absolute atomic E-state index is 0.517. The van der Waals surface area contributed by atoms with Crippen molar-refractivity contribution in [3.8, 4) is 0 Å². The minimum Gasteiger partial charge on any atom is -0.387 e. The Kier molecular flexibility index (Phi) is 4.10. The number of likely N-dealkylation sites (tertiary alicyclic amines) is 1. The second-order valence-electron chi connectivity index (χ2n) is 6.83. The van der Waals surface area contributed by atoms with Gasteiger partial charge in [0.1, 0.15) is 11.8 Å². The van der Waals surface area contributed by atoms with Gasteiger partial charge in [-0.05, 0) is 12.0 Å². The predicted molar refractivity (Wildman–Crippen MR) is 96.2 cm³/mol. The standard InChI is InChI=1S/C18H22N6O/c1-23(17-15-16(20-12-19-15)21-13-22-17)10-18(25)7-8-24(11-18)9-14-5-3-2-4-6-14/h2-6,12-13,25H,7-11H2,1H3,(H,19,20,21,22). The molecule has 0 aliphatic carbocycles. The first-order valence-electron chi connectivity index (χ1n) is 8.47. The smallest absolute Gasteiger partial charge is 0.182 e. The van der Waals surface area contributed by atoms with Crippen LogP contribution >= 0.6 is 0 Å². The van der Waals surface area contributed by atoms with E-state index >= 15 is 0 Å². The quantitative estimate of drug-likeness (QED) is 0.732. The highest BCUT2D eigenvalue weighted by molar-refractivity contribution is 5.82. The summed E-state index contributed by atoms with van der Waals surface area (Å²) < 4.78 is 0. The van der Waals surface area contributed by atoms with Crippen molar-refractivity contribution >= 4 is 17.0 Å². The summed E-state index contributed by atoms with van der Waals surface area (Å²) in [4.78, 5) is 20.0. The number of H-pyrrole nitrogens is 1. The van der Waals surface area contributed by atoms with Gasteiger partial charge in [0, 0.05) is 33.2 Å². The molecule has 1 aliphatic heterocycles. The predicted octanol–water partition coefficient (Wildman–Crippen LogP) is 1.43. The van der Waals surface area contributed by atoms with Crippen LogP contribution in [0.2, 0.25) is 0 Å². The van der Waals surface area contributed by atoms with E-state index in [0.29, 0.717) is 18.7 Å². The zero-order chi connectivity index (χ0) is 17.3. The summed E-state index contributed by atoms with van der Waals surface area (Å²) in [5.74, 6) is 0.762. The molecule has 3 heterocycles. The van der Waals surface area contributed by atoms with Crippen LogP contribution in [0, 0.1) is 0 Å². The van der Waals surface area contributed by atoms with E-state index in [-0.39, 0.29) is 0 Å². The van der Waals surface area contributed by atoms with Gasteiger partial charge < -0.3 is 15.0 Å². The molecule has 0 radical (unpaired) electrons. The van der Waals surface area contributed by atoms with Crippen LogP contribution in [0.25, 0.3) is 11.2 Å². The summed E-state index contributed by atoms with van der Waals surface area (Å²) in [6, 6.07) is 10.4. The average molecular weight is 338 g/mol. The van der Waals surface area contributed by atoms with Gasteiger partial charge in [-0.25, -0.2) is 15.0 Å². The number of aromatic nitrogens is 4. The summed E-state index contributed by atoms with van der Waals surface area (Å²) in [5, 5.41) is 11.0. The Bertz CT molecular complexity index is 851. The van der Waals surface area contributed by atoms with Crippen molar-refractivity contribution in [3.63, 3.8) is 0 Å². The molecule has 0 spiro atoms. The van der Waals surface area contributed by atoms with Crippen LogP contribution in [0.3, 0.4) is 0 Å². The number of rotatable bonds is 5. The molecule has 25 heavy (non-hydrogen) atoms. The molecule has 7 nitrogen and oxygen atoms in total. The summed E-state index contributed by atoms with van der Waals surface area (Å²) in [6.07, 6.45) is 3.87. The maximum atomic E-state index is 11.0. The van der Waals surface area contributed by atoms with Crippen LogP contribution in [-0.4, -0.2) is 62.2 Å². The SMILES string of the molecule is CN(CC1(O)CCN(Cc2ccccc2)C1)c1ncnc2nc[nH]c12. The number of fused-ring (bicyclic) bond motifs is 1.